The van der Waals surface area contributed by atoms with Crippen LogP contribution in [0, 0.1) is 0 Å². The lowest BCUT2D eigenvalue weighted by molar-refractivity contribution is 0.207. The van der Waals surface area contributed by atoms with Crippen molar-refractivity contribution in [3.63, 3.8) is 0 Å². The van der Waals surface area contributed by atoms with Gasteiger partial charge in [0.15, 0.2) is 0 Å². The summed E-state index contributed by atoms with van der Waals surface area (Å²) in [5.41, 5.74) is 0.845. The maximum atomic E-state index is 8.91. The number of anilines is 1. The van der Waals surface area contributed by atoms with E-state index in [1.165, 1.54) is 0 Å². The molecule has 1 atom stereocenters. The van der Waals surface area contributed by atoms with Gasteiger partial charge in [-0.25, -0.2) is 0 Å². The van der Waals surface area contributed by atoms with Crippen LogP contribution in [0.15, 0.2) is 18.2 Å². The molecule has 1 aromatic carbocycles. The van der Waals surface area contributed by atoms with Crippen molar-refractivity contribution in [2.45, 2.75) is 6.04 Å². The van der Waals surface area contributed by atoms with Gasteiger partial charge < -0.3 is 15.2 Å². The summed E-state index contributed by atoms with van der Waals surface area (Å²) in [5.74, 6) is 0.786. The molecule has 70 valence electrons. The van der Waals surface area contributed by atoms with Gasteiger partial charge in [0, 0.05) is 5.02 Å². The van der Waals surface area contributed by atoms with Crippen LogP contribution >= 0.6 is 11.6 Å². The molecule has 0 radical (unpaired) electrons. The van der Waals surface area contributed by atoms with Gasteiger partial charge in [0.1, 0.15) is 12.4 Å². The molecular weight excluding hydrogens is 190 g/mol. The number of hydrogen-bond donors (Lipinski definition) is 2. The number of fused-ring (bicyclic) bond motifs is 1. The van der Waals surface area contributed by atoms with Crippen molar-refractivity contribution in [1.29, 1.82) is 0 Å². The van der Waals surface area contributed by atoms with E-state index in [0.29, 0.717) is 11.6 Å². The van der Waals surface area contributed by atoms with Crippen LogP contribution in [0.3, 0.4) is 0 Å². The maximum Gasteiger partial charge on any atom is 0.142 e. The first-order valence-electron chi connectivity index (χ1n) is 4.09. The third-order valence-electron chi connectivity index (χ3n) is 1.96. The fourth-order valence-electron chi connectivity index (χ4n) is 1.29. The minimum absolute atomic E-state index is 0.0361. The van der Waals surface area contributed by atoms with Crippen LogP contribution < -0.4 is 10.1 Å². The van der Waals surface area contributed by atoms with E-state index in [0.717, 1.165) is 11.4 Å². The van der Waals surface area contributed by atoms with Gasteiger partial charge in [-0.05, 0) is 18.2 Å². The molecule has 0 amide bonds. The molecule has 3 nitrogen and oxygen atoms in total. The SMILES string of the molecule is OCC1COc2ccc(Cl)cc2N1. The number of rotatable bonds is 1. The van der Waals surface area contributed by atoms with Crippen LogP contribution in [0.2, 0.25) is 5.02 Å². The first kappa shape index (κ1) is 8.66. The maximum absolute atomic E-state index is 8.91. The number of halogens is 1. The average molecular weight is 200 g/mol. The van der Waals surface area contributed by atoms with Crippen LogP contribution in [0.5, 0.6) is 5.75 Å². The van der Waals surface area contributed by atoms with E-state index in [2.05, 4.69) is 5.32 Å². The van der Waals surface area contributed by atoms with E-state index in [1.807, 2.05) is 6.07 Å². The molecule has 0 saturated carbocycles. The Morgan fingerprint density at radius 3 is 3.23 bits per heavy atom. The van der Waals surface area contributed by atoms with Gasteiger partial charge in [-0.15, -0.1) is 0 Å². The first-order valence-corrected chi connectivity index (χ1v) is 4.47. The van der Waals surface area contributed by atoms with Gasteiger partial charge in [-0.3, -0.25) is 0 Å². The molecule has 2 rings (SSSR count). The van der Waals surface area contributed by atoms with Crippen LogP contribution in [-0.2, 0) is 0 Å². The zero-order valence-electron chi connectivity index (χ0n) is 6.96. The summed E-state index contributed by atoms with van der Waals surface area (Å²) in [4.78, 5) is 0. The Kier molecular flexibility index (Phi) is 2.29. The smallest absolute Gasteiger partial charge is 0.142 e. The minimum Gasteiger partial charge on any atom is -0.489 e. The Hall–Kier alpha value is -0.930. The third kappa shape index (κ3) is 1.71. The molecule has 0 spiro atoms. The Labute approximate surface area is 81.3 Å². The fourth-order valence-corrected chi connectivity index (χ4v) is 1.46. The monoisotopic (exact) mass is 199 g/mol. The van der Waals surface area contributed by atoms with E-state index in [1.54, 1.807) is 12.1 Å². The molecule has 0 bridgehead atoms. The van der Waals surface area contributed by atoms with Crippen molar-refractivity contribution >= 4 is 17.3 Å². The molecule has 1 aromatic rings. The number of benzene rings is 1. The molecule has 2 N–H and O–H groups in total. The second kappa shape index (κ2) is 3.44. The zero-order valence-corrected chi connectivity index (χ0v) is 7.71. The zero-order chi connectivity index (χ0) is 9.26. The van der Waals surface area contributed by atoms with E-state index >= 15 is 0 Å². The largest absolute Gasteiger partial charge is 0.489 e. The molecule has 0 aliphatic carbocycles. The Bertz CT molecular complexity index is 316. The minimum atomic E-state index is -0.0361. The summed E-state index contributed by atoms with van der Waals surface area (Å²) in [5, 5.41) is 12.7. The lowest BCUT2D eigenvalue weighted by Gasteiger charge is -2.26. The topological polar surface area (TPSA) is 41.5 Å². The predicted molar refractivity (Wildman–Crippen MR) is 51.4 cm³/mol. The van der Waals surface area contributed by atoms with E-state index in [9.17, 15) is 0 Å². The van der Waals surface area contributed by atoms with Crippen LogP contribution in [0.1, 0.15) is 0 Å². The van der Waals surface area contributed by atoms with Gasteiger partial charge >= 0.3 is 0 Å². The number of hydrogen-bond acceptors (Lipinski definition) is 3. The standard InChI is InChI=1S/C9H10ClNO2/c10-6-1-2-9-8(3-6)11-7(4-12)5-13-9/h1-3,7,11-12H,4-5H2. The van der Waals surface area contributed by atoms with Crippen LogP contribution in [0.4, 0.5) is 5.69 Å². The summed E-state index contributed by atoms with van der Waals surface area (Å²) in [6.45, 7) is 0.553. The van der Waals surface area contributed by atoms with Gasteiger partial charge in [-0.2, -0.15) is 0 Å². The predicted octanol–water partition coefficient (Wildman–Crippen LogP) is 1.51. The summed E-state index contributed by atoms with van der Waals surface area (Å²) in [7, 11) is 0. The Balaban J connectivity index is 2.27. The van der Waals surface area contributed by atoms with Gasteiger partial charge in [0.05, 0.1) is 18.3 Å². The molecule has 1 unspecified atom stereocenters. The second-order valence-electron chi connectivity index (χ2n) is 2.98. The van der Waals surface area contributed by atoms with Crippen molar-refractivity contribution < 1.29 is 9.84 Å². The molecule has 1 heterocycles. The van der Waals surface area contributed by atoms with E-state index in [4.69, 9.17) is 21.4 Å². The Morgan fingerprint density at radius 1 is 1.62 bits per heavy atom. The molecule has 4 heteroatoms. The van der Waals surface area contributed by atoms with Gasteiger partial charge in [0.25, 0.3) is 0 Å². The summed E-state index contributed by atoms with van der Waals surface area (Å²) in [6, 6.07) is 5.35. The highest BCUT2D eigenvalue weighted by Gasteiger charge is 2.17. The number of aliphatic hydroxyl groups is 1. The summed E-state index contributed by atoms with van der Waals surface area (Å²) < 4.78 is 5.40. The van der Waals surface area contributed by atoms with Crippen molar-refractivity contribution in [3.8, 4) is 5.75 Å². The molecule has 0 fully saturated rings. The van der Waals surface area contributed by atoms with Crippen LogP contribution in [0.25, 0.3) is 0 Å². The average Bonchev–Trinajstić information content (AvgIpc) is 2.16. The molecular formula is C9H10ClNO2. The molecule has 0 aromatic heterocycles. The van der Waals surface area contributed by atoms with Crippen LogP contribution in [-0.4, -0.2) is 24.4 Å². The van der Waals surface area contributed by atoms with Crippen molar-refractivity contribution in [3.05, 3.63) is 23.2 Å². The molecule has 13 heavy (non-hydrogen) atoms. The van der Waals surface area contributed by atoms with Crippen molar-refractivity contribution in [2.75, 3.05) is 18.5 Å². The highest BCUT2D eigenvalue weighted by Crippen LogP contribution is 2.31. The lowest BCUT2D eigenvalue weighted by atomic mass is 10.2. The van der Waals surface area contributed by atoms with Crippen molar-refractivity contribution in [2.24, 2.45) is 0 Å². The Morgan fingerprint density at radius 2 is 2.46 bits per heavy atom. The number of aliphatic hydroxyl groups excluding tert-OH is 1. The molecule has 1 aliphatic rings. The summed E-state index contributed by atoms with van der Waals surface area (Å²) >= 11 is 5.81. The van der Waals surface area contributed by atoms with E-state index in [-0.39, 0.29) is 12.6 Å². The van der Waals surface area contributed by atoms with Gasteiger partial charge in [-0.1, -0.05) is 11.6 Å². The quantitative estimate of drug-likeness (QED) is 0.721. The fraction of sp³-hybridized carbons (Fsp3) is 0.333. The first-order chi connectivity index (χ1) is 6.29. The number of ether oxygens (including phenoxy) is 1. The lowest BCUT2D eigenvalue weighted by Crippen LogP contribution is -2.34. The van der Waals surface area contributed by atoms with E-state index < -0.39 is 0 Å². The highest BCUT2D eigenvalue weighted by atomic mass is 35.5. The number of nitrogens with one attached hydrogen (secondary N) is 1. The summed E-state index contributed by atoms with van der Waals surface area (Å²) in [6.07, 6.45) is 0. The second-order valence-corrected chi connectivity index (χ2v) is 3.41. The molecule has 1 aliphatic heterocycles. The highest BCUT2D eigenvalue weighted by molar-refractivity contribution is 6.30. The third-order valence-corrected chi connectivity index (χ3v) is 2.20. The molecule has 0 saturated heterocycles. The normalized spacial score (nSPS) is 20.0. The van der Waals surface area contributed by atoms with Gasteiger partial charge in [0.2, 0.25) is 0 Å². The van der Waals surface area contributed by atoms with Crippen molar-refractivity contribution in [1.82, 2.24) is 0 Å².